The zero-order chi connectivity index (χ0) is 35.0. The molecule has 3 aliphatic rings. The predicted octanol–water partition coefficient (Wildman–Crippen LogP) is 7.19. The maximum atomic E-state index is 12.4. The van der Waals surface area contributed by atoms with E-state index in [1.165, 1.54) is 12.5 Å². The Bertz CT molecular complexity index is 1310. The van der Waals surface area contributed by atoms with Crippen LogP contribution in [0, 0.1) is 23.9 Å². The zero-order valence-electron chi connectivity index (χ0n) is 29.0. The van der Waals surface area contributed by atoms with E-state index in [1.807, 2.05) is 42.5 Å². The Hall–Kier alpha value is -4.36. The second-order valence-electron chi connectivity index (χ2n) is 12.2. The molecule has 4 rings (SSSR count). The number of unbranched alkanes of at least 4 members (excludes halogenated alkanes) is 3. The molecule has 0 aromatic heterocycles. The Labute approximate surface area is 287 Å². The highest BCUT2D eigenvalue weighted by Crippen LogP contribution is 2.23. The van der Waals surface area contributed by atoms with Gasteiger partial charge in [-0.2, -0.15) is 0 Å². The second kappa shape index (κ2) is 23.9. The van der Waals surface area contributed by atoms with Gasteiger partial charge in [0.05, 0.1) is 17.1 Å². The van der Waals surface area contributed by atoms with Crippen molar-refractivity contribution in [2.45, 2.75) is 84.5 Å². The normalized spacial score (nSPS) is 20.5. The minimum absolute atomic E-state index is 0.0907. The Morgan fingerprint density at radius 3 is 2.44 bits per heavy atom. The van der Waals surface area contributed by atoms with Gasteiger partial charge in [-0.1, -0.05) is 56.5 Å². The lowest BCUT2D eigenvalue weighted by Gasteiger charge is -2.31. The first-order chi connectivity index (χ1) is 23.3. The lowest BCUT2D eigenvalue weighted by Crippen LogP contribution is -2.38. The average molecular weight is 661 g/mol. The first-order valence-electron chi connectivity index (χ1n) is 17.2. The van der Waals surface area contributed by atoms with E-state index in [1.54, 1.807) is 0 Å². The quantitative estimate of drug-likeness (QED) is 0.0617. The predicted molar refractivity (Wildman–Crippen MR) is 197 cm³/mol. The molecule has 0 spiro atoms. The summed E-state index contributed by atoms with van der Waals surface area (Å²) in [7, 11) is 0. The highest BCUT2D eigenvalue weighted by atomic mass is 16.5. The molecule has 48 heavy (non-hydrogen) atoms. The van der Waals surface area contributed by atoms with Gasteiger partial charge in [0.15, 0.2) is 11.6 Å². The Morgan fingerprint density at radius 1 is 1.08 bits per heavy atom. The van der Waals surface area contributed by atoms with Crippen molar-refractivity contribution in [1.29, 1.82) is 5.41 Å². The molecule has 4 N–H and O–H groups in total. The minimum atomic E-state index is -0.0907. The van der Waals surface area contributed by atoms with Crippen molar-refractivity contribution in [2.24, 2.45) is 15.9 Å². The molecule has 1 amide bonds. The van der Waals surface area contributed by atoms with Gasteiger partial charge >= 0.3 is 0 Å². The summed E-state index contributed by atoms with van der Waals surface area (Å²) in [5, 5.41) is 27.1. The van der Waals surface area contributed by atoms with Gasteiger partial charge in [0.1, 0.15) is 19.4 Å². The third-order valence-corrected chi connectivity index (χ3v) is 8.28. The summed E-state index contributed by atoms with van der Waals surface area (Å²) in [5.41, 5.74) is 3.49. The van der Waals surface area contributed by atoms with Crippen LogP contribution in [0.2, 0.25) is 0 Å². The number of amidine groups is 1. The molecule has 3 aliphatic heterocycles. The molecule has 0 saturated carbocycles. The van der Waals surface area contributed by atoms with Crippen molar-refractivity contribution in [2.75, 3.05) is 44.8 Å². The number of para-hydroxylation sites is 2. The molecule has 1 atom stereocenters. The van der Waals surface area contributed by atoms with Crippen LogP contribution in [0.15, 0.2) is 70.0 Å². The number of ether oxygens (including phenoxy) is 1. The summed E-state index contributed by atoms with van der Waals surface area (Å²) in [6.07, 6.45) is 24.7. The fourth-order valence-corrected chi connectivity index (χ4v) is 5.80. The number of carbonyl (C=O) groups excluding carboxylic acids is 1. The number of rotatable bonds is 12. The van der Waals surface area contributed by atoms with Crippen molar-refractivity contribution in [3.8, 4) is 12.5 Å². The van der Waals surface area contributed by atoms with E-state index in [-0.39, 0.29) is 6.73 Å². The molecule has 10 nitrogen and oxygen atoms in total. The first kappa shape index (κ1) is 39.8. The van der Waals surface area contributed by atoms with Crippen LogP contribution >= 0.6 is 0 Å². The van der Waals surface area contributed by atoms with E-state index in [2.05, 4.69) is 53.2 Å². The first-order valence-corrected chi connectivity index (χ1v) is 17.2. The topological polar surface area (TPSA) is 134 Å². The van der Waals surface area contributed by atoms with E-state index in [0.717, 1.165) is 100 Å². The smallest absolute Gasteiger partial charge is 0.222 e. The van der Waals surface area contributed by atoms with Gasteiger partial charge in [0, 0.05) is 44.7 Å². The lowest BCUT2D eigenvalue weighted by molar-refractivity contribution is -0.133. The molecule has 0 aliphatic carbocycles. The van der Waals surface area contributed by atoms with Gasteiger partial charge in [0.2, 0.25) is 5.91 Å². The van der Waals surface area contributed by atoms with Crippen LogP contribution in [0.25, 0.3) is 0 Å². The van der Waals surface area contributed by atoms with Crippen molar-refractivity contribution < 1.29 is 19.7 Å². The second-order valence-corrected chi connectivity index (χ2v) is 12.2. The SMILES string of the molecule is C#CO.C=Nc1ccccc1NCO.CC(CCCCCCC(=O)N1CCCC(C)C1)=N/C1=C(\C(=N)N2CCCC2)OC/C=C\C=C/C1. The molecular weight excluding hydrogens is 604 g/mol. The number of benzene rings is 1. The van der Waals surface area contributed by atoms with Gasteiger partial charge in [0.25, 0.3) is 0 Å². The number of carbonyl (C=O) groups is 1. The molecule has 0 bridgehead atoms. The number of nitrogens with one attached hydrogen (secondary N) is 2. The number of likely N-dealkylation sites (tertiary alicyclic amines) is 2. The number of allylic oxidation sites excluding steroid dienone is 3. The maximum absolute atomic E-state index is 12.4. The van der Waals surface area contributed by atoms with Gasteiger partial charge < -0.3 is 30.1 Å². The lowest BCUT2D eigenvalue weighted by atomic mass is 9.99. The van der Waals surface area contributed by atoms with Crippen molar-refractivity contribution in [3.05, 3.63) is 60.0 Å². The molecule has 0 radical (unpaired) electrons. The summed E-state index contributed by atoms with van der Waals surface area (Å²) >= 11 is 0. The average Bonchev–Trinajstić information content (AvgIpc) is 3.66. The number of amides is 1. The third kappa shape index (κ3) is 15.0. The Kier molecular flexibility index (Phi) is 19.8. The van der Waals surface area contributed by atoms with E-state index >= 15 is 0 Å². The number of aliphatic hydroxyl groups is 2. The molecule has 1 aromatic carbocycles. The van der Waals surface area contributed by atoms with E-state index in [4.69, 9.17) is 25.4 Å². The van der Waals surface area contributed by atoms with E-state index in [0.29, 0.717) is 42.9 Å². The van der Waals surface area contributed by atoms with Crippen LogP contribution < -0.4 is 5.32 Å². The minimum Gasteiger partial charge on any atom is -0.484 e. The van der Waals surface area contributed by atoms with Gasteiger partial charge in [-0.3, -0.25) is 20.2 Å². The number of aliphatic hydroxyl groups excluding tert-OH is 2. The fourth-order valence-electron chi connectivity index (χ4n) is 5.80. The summed E-state index contributed by atoms with van der Waals surface area (Å²) in [4.78, 5) is 25.3. The molecule has 2 fully saturated rings. The van der Waals surface area contributed by atoms with Gasteiger partial charge in [-0.05, 0) is 82.7 Å². The van der Waals surface area contributed by atoms with Crippen LogP contribution in [0.3, 0.4) is 0 Å². The molecule has 10 heteroatoms. The van der Waals surface area contributed by atoms with Crippen LogP contribution in [0.1, 0.15) is 84.5 Å². The van der Waals surface area contributed by atoms with Crippen LogP contribution in [0.5, 0.6) is 0 Å². The molecular formula is C38H56N6O4. The number of hydrogen-bond donors (Lipinski definition) is 4. The van der Waals surface area contributed by atoms with Crippen LogP contribution in [0.4, 0.5) is 11.4 Å². The number of piperidine rings is 1. The van der Waals surface area contributed by atoms with Gasteiger partial charge in [-0.25, -0.2) is 0 Å². The van der Waals surface area contributed by atoms with Crippen LogP contribution in [-0.4, -0.2) is 83.7 Å². The van der Waals surface area contributed by atoms with Crippen LogP contribution in [-0.2, 0) is 9.53 Å². The van der Waals surface area contributed by atoms with E-state index < -0.39 is 0 Å². The van der Waals surface area contributed by atoms with Crippen molar-refractivity contribution in [1.82, 2.24) is 9.80 Å². The summed E-state index contributed by atoms with van der Waals surface area (Å²) in [5.74, 6) is 2.09. The summed E-state index contributed by atoms with van der Waals surface area (Å²) in [6, 6.07) is 7.39. The highest BCUT2D eigenvalue weighted by molar-refractivity contribution is 5.95. The summed E-state index contributed by atoms with van der Waals surface area (Å²) in [6.45, 7) is 11.8. The number of anilines is 1. The van der Waals surface area contributed by atoms with Crippen molar-refractivity contribution >= 4 is 35.5 Å². The van der Waals surface area contributed by atoms with Crippen molar-refractivity contribution in [3.63, 3.8) is 0 Å². The molecule has 3 heterocycles. The number of hydrogen-bond acceptors (Lipinski definition) is 8. The summed E-state index contributed by atoms with van der Waals surface area (Å²) < 4.78 is 6.03. The molecule has 1 aromatic rings. The largest absolute Gasteiger partial charge is 0.484 e. The molecule has 262 valence electrons. The zero-order valence-corrected chi connectivity index (χ0v) is 29.0. The Morgan fingerprint density at radius 2 is 1.75 bits per heavy atom. The number of aliphatic imine (C=N–C) groups is 2. The Balaban J connectivity index is 0.000000476. The standard InChI is InChI=1S/C28H44N4O2.C8H10N2O.C2H2O/c1-23-14-13-20-32(22-23)26(33)17-9-4-3-7-15-24(2)30-25-16-8-5-6-12-21-34-27(25)28(29)31-18-10-11-19-31;1-9-7-4-2-3-5-8(7)10-6-11;1-2-3/h5-6,8,12,23,29H,3-4,7,9-11,13-22H2,1-2H3;2-5,10-11H,1,6H2;1,3H/b8-5-,12-6-,27-25+,29-28?,30-24?;;. The molecule has 1 unspecified atom stereocenters. The number of nitrogens with zero attached hydrogens (tertiary/aromatic N) is 4. The maximum Gasteiger partial charge on any atom is 0.222 e. The van der Waals surface area contributed by atoms with E-state index in [9.17, 15) is 4.79 Å². The third-order valence-electron chi connectivity index (χ3n) is 8.28. The monoisotopic (exact) mass is 660 g/mol. The highest BCUT2D eigenvalue weighted by Gasteiger charge is 2.23. The number of terminal acetylenes is 1. The molecule has 2 saturated heterocycles. The fraction of sp³-hybridized carbons (Fsp3) is 0.526. The van der Waals surface area contributed by atoms with Gasteiger partial charge in [-0.15, -0.1) is 0 Å².